The first-order valence-electron chi connectivity index (χ1n) is 12.4. The molecule has 2 atom stereocenters. The molecule has 0 bridgehead atoms. The van der Waals surface area contributed by atoms with Crippen molar-refractivity contribution in [1.29, 1.82) is 0 Å². The monoisotopic (exact) mass is 505 g/mol. The smallest absolute Gasteiger partial charge is 0.341 e. The number of nitrogens with two attached hydrogens (primary N) is 1. The summed E-state index contributed by atoms with van der Waals surface area (Å²) in [4.78, 5) is 11.3. The molecule has 5 rings (SSSR count). The van der Waals surface area contributed by atoms with Gasteiger partial charge in [0.05, 0.1) is 13.7 Å². The Kier molecular flexibility index (Phi) is 6.84. The van der Waals surface area contributed by atoms with Crippen LogP contribution in [0.4, 0.5) is 0 Å². The maximum Gasteiger partial charge on any atom is 0.341 e. The van der Waals surface area contributed by atoms with Gasteiger partial charge in [-0.05, 0) is 59.9 Å². The number of ether oxygens (including phenoxy) is 5. The number of carboxylic acids is 1. The Hall–Kier alpha value is -3.91. The van der Waals surface area contributed by atoms with Crippen molar-refractivity contribution in [2.24, 2.45) is 5.73 Å². The third-order valence-corrected chi connectivity index (χ3v) is 7.16. The number of hydrogen-bond acceptors (Lipinski definition) is 7. The highest BCUT2D eigenvalue weighted by Gasteiger charge is 2.46. The molecule has 8 heteroatoms. The van der Waals surface area contributed by atoms with Crippen LogP contribution in [0, 0.1) is 0 Å². The summed E-state index contributed by atoms with van der Waals surface area (Å²) in [6.07, 6.45) is 1.56. The average molecular weight is 506 g/mol. The molecule has 194 valence electrons. The van der Waals surface area contributed by atoms with Crippen molar-refractivity contribution in [3.63, 3.8) is 0 Å². The van der Waals surface area contributed by atoms with Gasteiger partial charge in [0.25, 0.3) is 0 Å². The van der Waals surface area contributed by atoms with E-state index in [1.165, 1.54) is 0 Å². The highest BCUT2D eigenvalue weighted by atomic mass is 16.7. The fourth-order valence-electron chi connectivity index (χ4n) is 5.39. The van der Waals surface area contributed by atoms with Gasteiger partial charge in [-0.3, -0.25) is 0 Å². The molecule has 0 fully saturated rings. The number of hydrogen-bond donors (Lipinski definition) is 2. The molecule has 0 aromatic heterocycles. The summed E-state index contributed by atoms with van der Waals surface area (Å²) in [6.45, 7) is 2.79. The zero-order chi connectivity index (χ0) is 26.0. The van der Waals surface area contributed by atoms with E-state index in [0.29, 0.717) is 42.6 Å². The molecule has 3 aromatic carbocycles. The van der Waals surface area contributed by atoms with Crippen molar-refractivity contribution in [3.05, 3.63) is 76.9 Å². The van der Waals surface area contributed by atoms with Crippen LogP contribution in [0.25, 0.3) is 0 Å². The Balaban J connectivity index is 1.65. The second-order valence-corrected chi connectivity index (χ2v) is 9.29. The largest absolute Gasteiger partial charge is 0.497 e. The van der Waals surface area contributed by atoms with E-state index in [9.17, 15) is 9.90 Å². The maximum absolute atomic E-state index is 11.3. The third kappa shape index (κ3) is 4.53. The van der Waals surface area contributed by atoms with E-state index in [-0.39, 0.29) is 12.7 Å². The van der Waals surface area contributed by atoms with Crippen LogP contribution in [0.15, 0.2) is 54.6 Å². The normalized spacial score (nSPS) is 19.4. The predicted octanol–water partition coefficient (Wildman–Crippen LogP) is 4.46. The zero-order valence-corrected chi connectivity index (χ0v) is 21.0. The first-order chi connectivity index (χ1) is 18.0. The lowest BCUT2D eigenvalue weighted by Crippen LogP contribution is -2.34. The molecule has 0 saturated heterocycles. The summed E-state index contributed by atoms with van der Waals surface area (Å²) < 4.78 is 28.3. The fourth-order valence-corrected chi connectivity index (χ4v) is 5.39. The Morgan fingerprint density at radius 3 is 2.59 bits per heavy atom. The van der Waals surface area contributed by atoms with Crippen LogP contribution in [-0.2, 0) is 10.2 Å². The van der Waals surface area contributed by atoms with Crippen molar-refractivity contribution in [2.75, 3.05) is 33.7 Å². The first kappa shape index (κ1) is 24.8. The Bertz CT molecular complexity index is 1310. The lowest BCUT2D eigenvalue weighted by Gasteiger charge is -2.30. The van der Waals surface area contributed by atoms with Crippen LogP contribution in [-0.4, -0.2) is 44.7 Å². The van der Waals surface area contributed by atoms with Crippen molar-refractivity contribution < 1.29 is 33.6 Å². The Labute approximate surface area is 215 Å². The van der Waals surface area contributed by atoms with Gasteiger partial charge in [-0.2, -0.15) is 0 Å². The summed E-state index contributed by atoms with van der Waals surface area (Å²) in [5.41, 5.74) is 10.1. The van der Waals surface area contributed by atoms with Crippen LogP contribution in [0.5, 0.6) is 28.7 Å². The van der Waals surface area contributed by atoms with E-state index in [1.54, 1.807) is 13.2 Å². The van der Waals surface area contributed by atoms with E-state index in [0.717, 1.165) is 34.4 Å². The predicted molar refractivity (Wildman–Crippen MR) is 137 cm³/mol. The lowest BCUT2D eigenvalue weighted by atomic mass is 9.74. The van der Waals surface area contributed by atoms with E-state index in [4.69, 9.17) is 29.4 Å². The van der Waals surface area contributed by atoms with Crippen LogP contribution in [0.2, 0.25) is 0 Å². The topological polar surface area (TPSA) is 109 Å². The highest BCUT2D eigenvalue weighted by molar-refractivity contribution is 5.69. The number of fused-ring (bicyclic) bond motifs is 2. The molecule has 37 heavy (non-hydrogen) atoms. The summed E-state index contributed by atoms with van der Waals surface area (Å²) in [7, 11) is 1.57. The van der Waals surface area contributed by atoms with Crippen molar-refractivity contribution in [1.82, 2.24) is 0 Å². The van der Waals surface area contributed by atoms with E-state index in [2.05, 4.69) is 19.1 Å². The van der Waals surface area contributed by atoms with Crippen molar-refractivity contribution in [3.8, 4) is 28.7 Å². The third-order valence-electron chi connectivity index (χ3n) is 7.16. The fraction of sp³-hybridized carbons (Fsp3) is 0.345. The molecule has 8 nitrogen and oxygen atoms in total. The van der Waals surface area contributed by atoms with Crippen molar-refractivity contribution in [2.45, 2.75) is 31.1 Å². The van der Waals surface area contributed by atoms with Crippen LogP contribution >= 0.6 is 0 Å². The van der Waals surface area contributed by atoms with Crippen LogP contribution in [0.3, 0.4) is 0 Å². The number of aliphatic carboxylic acids is 1. The molecule has 2 aliphatic rings. The van der Waals surface area contributed by atoms with E-state index < -0.39 is 18.0 Å². The van der Waals surface area contributed by atoms with Gasteiger partial charge in [-0.15, -0.1) is 0 Å². The minimum atomic E-state index is -1.05. The number of carbonyl (C=O) groups is 1. The van der Waals surface area contributed by atoms with Gasteiger partial charge >= 0.3 is 5.97 Å². The quantitative estimate of drug-likeness (QED) is 0.416. The van der Waals surface area contributed by atoms with Gasteiger partial charge in [-0.25, -0.2) is 4.79 Å². The number of methoxy groups -OCH3 is 1. The standard InChI is InChI=1S/C29H31NO7/c1-3-10-34-20-6-8-24-22(12-20)23(21-7-5-19(33-2)13-26(21)35-15-28(31)32)14-29(24,16-30)18-4-9-25-27(11-18)37-17-36-25/h4-9,11-13,23H,3,10,14-17,30H2,1-2H3,(H,31,32). The van der Waals surface area contributed by atoms with Gasteiger partial charge in [0.1, 0.15) is 17.2 Å². The van der Waals surface area contributed by atoms with Crippen LogP contribution in [0.1, 0.15) is 47.9 Å². The minimum absolute atomic E-state index is 0.121. The summed E-state index contributed by atoms with van der Waals surface area (Å²) in [5, 5.41) is 9.27. The maximum atomic E-state index is 11.3. The molecule has 0 amide bonds. The first-order valence-corrected chi connectivity index (χ1v) is 12.4. The molecule has 0 radical (unpaired) electrons. The van der Waals surface area contributed by atoms with E-state index >= 15 is 0 Å². The highest BCUT2D eigenvalue weighted by Crippen LogP contribution is 2.55. The zero-order valence-electron chi connectivity index (χ0n) is 21.0. The molecule has 0 spiro atoms. The van der Waals surface area contributed by atoms with Crippen LogP contribution < -0.4 is 29.4 Å². The summed E-state index contributed by atoms with van der Waals surface area (Å²) in [5.74, 6) is 2.09. The number of carboxylic acid groups (broad SMARTS) is 1. The molecule has 1 aliphatic heterocycles. The number of benzene rings is 3. The SMILES string of the molecule is CCCOc1ccc2c(c1)C(c1ccc(OC)cc1OCC(=O)O)CC2(CN)c1ccc2c(c1)OCO2. The number of rotatable bonds is 10. The van der Waals surface area contributed by atoms with E-state index in [1.807, 2.05) is 36.4 Å². The molecule has 2 unspecified atom stereocenters. The molecule has 3 aromatic rings. The molecular formula is C29H31NO7. The second kappa shape index (κ2) is 10.2. The van der Waals surface area contributed by atoms with Crippen molar-refractivity contribution >= 4 is 5.97 Å². The van der Waals surface area contributed by atoms with Gasteiger partial charge in [0.2, 0.25) is 6.79 Å². The average Bonchev–Trinajstić information content (AvgIpc) is 3.52. The lowest BCUT2D eigenvalue weighted by molar-refractivity contribution is -0.139. The summed E-state index contributed by atoms with van der Waals surface area (Å²) >= 11 is 0. The van der Waals surface area contributed by atoms with Gasteiger partial charge in [0, 0.05) is 29.5 Å². The Morgan fingerprint density at radius 2 is 1.84 bits per heavy atom. The minimum Gasteiger partial charge on any atom is -0.497 e. The second-order valence-electron chi connectivity index (χ2n) is 9.29. The summed E-state index contributed by atoms with van der Waals surface area (Å²) in [6, 6.07) is 17.7. The molecule has 1 aliphatic carbocycles. The van der Waals surface area contributed by atoms with Gasteiger partial charge in [0.15, 0.2) is 18.1 Å². The molecule has 0 saturated carbocycles. The Morgan fingerprint density at radius 1 is 1.03 bits per heavy atom. The van der Waals surface area contributed by atoms with Gasteiger partial charge < -0.3 is 34.5 Å². The molecule has 1 heterocycles. The molecular weight excluding hydrogens is 474 g/mol. The van der Waals surface area contributed by atoms with Gasteiger partial charge in [-0.1, -0.05) is 25.1 Å². The molecule has 3 N–H and O–H groups in total.